The summed E-state index contributed by atoms with van der Waals surface area (Å²) in [5.41, 5.74) is 7.04. The largest absolute Gasteiger partial charge is 0.497 e. The van der Waals surface area contributed by atoms with Crippen molar-refractivity contribution >= 4 is 0 Å². The van der Waals surface area contributed by atoms with Gasteiger partial charge in [0.25, 0.3) is 0 Å². The van der Waals surface area contributed by atoms with Crippen LogP contribution in [0.25, 0.3) is 0 Å². The van der Waals surface area contributed by atoms with Gasteiger partial charge in [-0.15, -0.1) is 0 Å². The first-order valence-corrected chi connectivity index (χ1v) is 4.80. The second-order valence-corrected chi connectivity index (χ2v) is 3.77. The third-order valence-electron chi connectivity index (χ3n) is 2.77. The highest BCUT2D eigenvalue weighted by molar-refractivity contribution is 5.30. The van der Waals surface area contributed by atoms with E-state index in [1.165, 1.54) is 0 Å². The van der Waals surface area contributed by atoms with E-state index in [-0.39, 0.29) is 18.1 Å². The average Bonchev–Trinajstić information content (AvgIpc) is 2.95. The molecule has 3 N–H and O–H groups in total. The van der Waals surface area contributed by atoms with Gasteiger partial charge in [-0.1, -0.05) is 12.1 Å². The summed E-state index contributed by atoms with van der Waals surface area (Å²) in [5, 5.41) is 9.25. The Hall–Kier alpha value is -1.06. The Labute approximate surface area is 83.5 Å². The quantitative estimate of drug-likeness (QED) is 0.755. The van der Waals surface area contributed by atoms with Gasteiger partial charge in [-0.2, -0.15) is 0 Å². The SMILES string of the molecule is COc1ccc([C@H](N)[C@@H]2C[C@@H]2O)cc1. The fourth-order valence-electron chi connectivity index (χ4n) is 1.66. The molecular formula is C11H15NO2. The van der Waals surface area contributed by atoms with Gasteiger partial charge in [-0.05, 0) is 24.1 Å². The number of hydrogen-bond donors (Lipinski definition) is 2. The fourth-order valence-corrected chi connectivity index (χ4v) is 1.66. The van der Waals surface area contributed by atoms with Crippen molar-refractivity contribution < 1.29 is 9.84 Å². The van der Waals surface area contributed by atoms with E-state index in [1.54, 1.807) is 7.11 Å². The molecule has 14 heavy (non-hydrogen) atoms. The number of nitrogens with two attached hydrogens (primary N) is 1. The minimum Gasteiger partial charge on any atom is -0.497 e. The lowest BCUT2D eigenvalue weighted by Gasteiger charge is -2.11. The lowest BCUT2D eigenvalue weighted by atomic mass is 10.0. The summed E-state index contributed by atoms with van der Waals surface area (Å²) in [6, 6.07) is 7.65. The fraction of sp³-hybridized carbons (Fsp3) is 0.455. The van der Waals surface area contributed by atoms with Crippen molar-refractivity contribution in [2.24, 2.45) is 11.7 Å². The second-order valence-electron chi connectivity index (χ2n) is 3.77. The molecule has 0 amide bonds. The molecule has 1 aromatic carbocycles. The Morgan fingerprint density at radius 2 is 2.00 bits per heavy atom. The van der Waals surface area contributed by atoms with Crippen LogP contribution >= 0.6 is 0 Å². The summed E-state index contributed by atoms with van der Waals surface area (Å²) >= 11 is 0. The Morgan fingerprint density at radius 1 is 1.43 bits per heavy atom. The highest BCUT2D eigenvalue weighted by atomic mass is 16.5. The van der Waals surface area contributed by atoms with E-state index < -0.39 is 0 Å². The first kappa shape index (κ1) is 9.49. The van der Waals surface area contributed by atoms with Gasteiger partial charge in [0, 0.05) is 12.0 Å². The van der Waals surface area contributed by atoms with Gasteiger partial charge in [0.05, 0.1) is 13.2 Å². The predicted octanol–water partition coefficient (Wildman–Crippen LogP) is 1.08. The maximum Gasteiger partial charge on any atom is 0.118 e. The zero-order valence-corrected chi connectivity index (χ0v) is 8.18. The van der Waals surface area contributed by atoms with Gasteiger partial charge < -0.3 is 15.6 Å². The molecule has 1 fully saturated rings. The van der Waals surface area contributed by atoms with Crippen LogP contribution in [0.15, 0.2) is 24.3 Å². The lowest BCUT2D eigenvalue weighted by molar-refractivity contribution is 0.251. The standard InChI is InChI=1S/C11H15NO2/c1-14-8-4-2-7(3-5-8)11(12)9-6-10(9)13/h2-5,9-11,13H,6,12H2,1H3/t9-,10+,11+/m1/s1. The monoisotopic (exact) mass is 193 g/mol. The molecule has 1 aliphatic rings. The molecule has 0 spiro atoms. The molecule has 1 aromatic rings. The van der Waals surface area contributed by atoms with Gasteiger partial charge >= 0.3 is 0 Å². The normalized spacial score (nSPS) is 27.1. The number of hydrogen-bond acceptors (Lipinski definition) is 3. The van der Waals surface area contributed by atoms with Crippen LogP contribution in [-0.2, 0) is 0 Å². The van der Waals surface area contributed by atoms with Crippen LogP contribution in [-0.4, -0.2) is 18.3 Å². The molecule has 0 bridgehead atoms. The molecule has 0 unspecified atom stereocenters. The van der Waals surface area contributed by atoms with Crippen LogP contribution in [0, 0.1) is 5.92 Å². The molecule has 3 heteroatoms. The maximum atomic E-state index is 9.25. The highest BCUT2D eigenvalue weighted by Gasteiger charge is 2.40. The topological polar surface area (TPSA) is 55.5 Å². The van der Waals surface area contributed by atoms with E-state index in [9.17, 15) is 5.11 Å². The summed E-state index contributed by atoms with van der Waals surface area (Å²) < 4.78 is 5.06. The van der Waals surface area contributed by atoms with Crippen molar-refractivity contribution in [3.05, 3.63) is 29.8 Å². The van der Waals surface area contributed by atoms with Gasteiger partial charge in [-0.3, -0.25) is 0 Å². The summed E-state index contributed by atoms with van der Waals surface area (Å²) in [6.45, 7) is 0. The van der Waals surface area contributed by atoms with Crippen LogP contribution in [0.3, 0.4) is 0 Å². The first-order chi connectivity index (χ1) is 6.72. The molecule has 3 atom stereocenters. The van der Waals surface area contributed by atoms with E-state index in [0.29, 0.717) is 0 Å². The third kappa shape index (κ3) is 1.74. The molecule has 0 aromatic heterocycles. The van der Waals surface area contributed by atoms with Gasteiger partial charge in [-0.25, -0.2) is 0 Å². The Kier molecular flexibility index (Phi) is 2.44. The number of methoxy groups -OCH3 is 1. The van der Waals surface area contributed by atoms with E-state index >= 15 is 0 Å². The molecule has 0 saturated heterocycles. The Morgan fingerprint density at radius 3 is 2.43 bits per heavy atom. The molecule has 2 rings (SSSR count). The van der Waals surface area contributed by atoms with Crippen molar-refractivity contribution in [3.8, 4) is 5.75 Å². The average molecular weight is 193 g/mol. The minimum atomic E-state index is -0.202. The number of ether oxygens (including phenoxy) is 1. The number of rotatable bonds is 3. The molecule has 76 valence electrons. The van der Waals surface area contributed by atoms with E-state index in [4.69, 9.17) is 10.5 Å². The van der Waals surface area contributed by atoms with Gasteiger partial charge in [0.1, 0.15) is 5.75 Å². The lowest BCUT2D eigenvalue weighted by Crippen LogP contribution is -2.14. The molecule has 0 radical (unpaired) electrons. The summed E-state index contributed by atoms with van der Waals surface area (Å²) in [7, 11) is 1.64. The van der Waals surface area contributed by atoms with E-state index in [1.807, 2.05) is 24.3 Å². The van der Waals surface area contributed by atoms with Crippen LogP contribution in [0.1, 0.15) is 18.0 Å². The molecular weight excluding hydrogens is 178 g/mol. The summed E-state index contributed by atoms with van der Waals surface area (Å²) in [5.74, 6) is 1.07. The zero-order chi connectivity index (χ0) is 10.1. The minimum absolute atomic E-state index is 0.0455. The van der Waals surface area contributed by atoms with Crippen molar-refractivity contribution in [1.82, 2.24) is 0 Å². The zero-order valence-electron chi connectivity index (χ0n) is 8.18. The van der Waals surface area contributed by atoms with E-state index in [0.717, 1.165) is 17.7 Å². The van der Waals surface area contributed by atoms with Crippen molar-refractivity contribution in [1.29, 1.82) is 0 Å². The number of benzene rings is 1. The molecule has 0 heterocycles. The molecule has 1 aliphatic carbocycles. The Bertz CT molecular complexity index is 310. The van der Waals surface area contributed by atoms with Crippen LogP contribution < -0.4 is 10.5 Å². The summed E-state index contributed by atoms with van der Waals surface area (Å²) in [6.07, 6.45) is 0.625. The molecule has 0 aliphatic heterocycles. The highest BCUT2D eigenvalue weighted by Crippen LogP contribution is 2.40. The maximum absolute atomic E-state index is 9.25. The second kappa shape index (κ2) is 3.59. The first-order valence-electron chi connectivity index (χ1n) is 4.80. The van der Waals surface area contributed by atoms with Crippen molar-refractivity contribution in [2.45, 2.75) is 18.6 Å². The molecule has 1 saturated carbocycles. The van der Waals surface area contributed by atoms with Crippen molar-refractivity contribution in [2.75, 3.05) is 7.11 Å². The van der Waals surface area contributed by atoms with E-state index in [2.05, 4.69) is 0 Å². The van der Waals surface area contributed by atoms with Crippen LogP contribution in [0.4, 0.5) is 0 Å². The number of aliphatic hydroxyl groups is 1. The molecule has 3 nitrogen and oxygen atoms in total. The van der Waals surface area contributed by atoms with Crippen molar-refractivity contribution in [3.63, 3.8) is 0 Å². The smallest absolute Gasteiger partial charge is 0.118 e. The summed E-state index contributed by atoms with van der Waals surface area (Å²) in [4.78, 5) is 0. The van der Waals surface area contributed by atoms with Crippen LogP contribution in [0.5, 0.6) is 5.75 Å². The Balaban J connectivity index is 2.08. The number of aliphatic hydroxyl groups excluding tert-OH is 1. The van der Waals surface area contributed by atoms with Gasteiger partial charge in [0.15, 0.2) is 0 Å². The predicted molar refractivity (Wildman–Crippen MR) is 54.0 cm³/mol. The van der Waals surface area contributed by atoms with Crippen LogP contribution in [0.2, 0.25) is 0 Å². The van der Waals surface area contributed by atoms with Gasteiger partial charge in [0.2, 0.25) is 0 Å². The third-order valence-corrected chi connectivity index (χ3v) is 2.77.